The standard InChI is InChI=1S/C24H34N4O3/c1-16-8-18-9-17(2)12-24(11-16,13-18)15-26-23(31)20-4-3-5-21-27-19(14-28(20)21)10-22(30)25-6-7-29/h3-5,14,16-18,29H,6-13,15H2,1-2H3,(H,25,30)(H,26,31). The van der Waals surface area contributed by atoms with Crippen LogP contribution >= 0.6 is 0 Å². The van der Waals surface area contributed by atoms with Crippen LogP contribution in [0.25, 0.3) is 5.65 Å². The number of aliphatic hydroxyl groups excluding tert-OH is 1. The van der Waals surface area contributed by atoms with Crippen LogP contribution in [0, 0.1) is 23.2 Å². The number of carbonyl (C=O) groups is 2. The van der Waals surface area contributed by atoms with Gasteiger partial charge in [-0.2, -0.15) is 0 Å². The van der Waals surface area contributed by atoms with Gasteiger partial charge in [0.15, 0.2) is 0 Å². The number of rotatable bonds is 7. The first-order chi connectivity index (χ1) is 14.9. The maximum absolute atomic E-state index is 13.1. The lowest BCUT2D eigenvalue weighted by atomic mass is 9.57. The van der Waals surface area contributed by atoms with Crippen LogP contribution < -0.4 is 10.6 Å². The topological polar surface area (TPSA) is 95.7 Å². The molecule has 2 aromatic heterocycles. The number of aromatic nitrogens is 2. The van der Waals surface area contributed by atoms with Crippen LogP contribution in [-0.4, -0.2) is 46.0 Å². The number of nitrogens with one attached hydrogen (secondary N) is 2. The molecular formula is C24H34N4O3. The molecule has 2 heterocycles. The fourth-order valence-corrected chi connectivity index (χ4v) is 6.24. The van der Waals surface area contributed by atoms with Crippen molar-refractivity contribution in [2.24, 2.45) is 23.2 Å². The van der Waals surface area contributed by atoms with Crippen molar-refractivity contribution in [1.82, 2.24) is 20.0 Å². The molecule has 2 aromatic rings. The van der Waals surface area contributed by atoms with Gasteiger partial charge in [-0.1, -0.05) is 19.9 Å². The largest absolute Gasteiger partial charge is 0.395 e. The summed E-state index contributed by atoms with van der Waals surface area (Å²) in [7, 11) is 0. The van der Waals surface area contributed by atoms with Crippen LogP contribution in [0.3, 0.4) is 0 Å². The maximum Gasteiger partial charge on any atom is 0.268 e. The molecule has 0 spiro atoms. The molecule has 3 N–H and O–H groups in total. The normalized spacial score (nSPS) is 27.8. The minimum atomic E-state index is -0.199. The number of aliphatic hydroxyl groups is 1. The minimum absolute atomic E-state index is 0.0957. The van der Waals surface area contributed by atoms with Crippen LogP contribution in [0.15, 0.2) is 24.4 Å². The molecule has 2 amide bonds. The SMILES string of the molecule is CC1CC2CC(C)CC(CNC(=O)c3cccc4nc(CC(=O)NCCO)cn34)(C1)C2. The van der Waals surface area contributed by atoms with Crippen LogP contribution in [-0.2, 0) is 11.2 Å². The number of imidazole rings is 1. The van der Waals surface area contributed by atoms with Crippen molar-refractivity contribution in [3.63, 3.8) is 0 Å². The molecule has 2 atom stereocenters. The molecule has 0 aliphatic heterocycles. The molecule has 2 aliphatic carbocycles. The molecule has 7 heteroatoms. The summed E-state index contributed by atoms with van der Waals surface area (Å²) in [4.78, 5) is 29.6. The van der Waals surface area contributed by atoms with E-state index in [1.807, 2.05) is 12.1 Å². The van der Waals surface area contributed by atoms with Crippen LogP contribution in [0.5, 0.6) is 0 Å². The summed E-state index contributed by atoms with van der Waals surface area (Å²) in [5, 5.41) is 14.7. The second kappa shape index (κ2) is 8.99. The monoisotopic (exact) mass is 426 g/mol. The third kappa shape index (κ3) is 4.92. The lowest BCUT2D eigenvalue weighted by Crippen LogP contribution is -2.46. The zero-order chi connectivity index (χ0) is 22.0. The van der Waals surface area contributed by atoms with Crippen molar-refractivity contribution in [2.75, 3.05) is 19.7 Å². The number of pyridine rings is 1. The maximum atomic E-state index is 13.1. The average molecular weight is 427 g/mol. The van der Waals surface area contributed by atoms with Gasteiger partial charge in [0, 0.05) is 19.3 Å². The number of hydrogen-bond acceptors (Lipinski definition) is 4. The Labute approximate surface area is 183 Å². The van der Waals surface area contributed by atoms with E-state index in [1.54, 1.807) is 16.7 Å². The summed E-state index contributed by atoms with van der Waals surface area (Å²) in [5.41, 5.74) is 1.99. The first-order valence-corrected chi connectivity index (χ1v) is 11.5. The van der Waals surface area contributed by atoms with Crippen molar-refractivity contribution in [2.45, 2.75) is 52.4 Å². The Balaban J connectivity index is 1.47. The zero-order valence-corrected chi connectivity index (χ0v) is 18.6. The summed E-state index contributed by atoms with van der Waals surface area (Å²) < 4.78 is 1.76. The van der Waals surface area contributed by atoms with Crippen molar-refractivity contribution in [1.29, 1.82) is 0 Å². The Kier molecular flexibility index (Phi) is 6.32. The summed E-state index contributed by atoms with van der Waals surface area (Å²) in [5.74, 6) is 1.94. The number of hydrogen-bond donors (Lipinski definition) is 3. The smallest absolute Gasteiger partial charge is 0.268 e. The summed E-state index contributed by atoms with van der Waals surface area (Å²) in [6, 6.07) is 5.46. The van der Waals surface area contributed by atoms with E-state index in [0.29, 0.717) is 17.0 Å². The molecule has 0 radical (unpaired) electrons. The fourth-order valence-electron chi connectivity index (χ4n) is 6.24. The molecule has 2 saturated carbocycles. The zero-order valence-electron chi connectivity index (χ0n) is 18.6. The Morgan fingerprint density at radius 3 is 2.61 bits per heavy atom. The average Bonchev–Trinajstić information content (AvgIpc) is 3.11. The summed E-state index contributed by atoms with van der Waals surface area (Å²) in [6.45, 7) is 5.55. The van der Waals surface area contributed by atoms with Crippen LogP contribution in [0.4, 0.5) is 0 Å². The predicted octanol–water partition coefficient (Wildman–Crippen LogP) is 2.57. The molecule has 31 heavy (non-hydrogen) atoms. The molecule has 7 nitrogen and oxygen atoms in total. The lowest BCUT2D eigenvalue weighted by molar-refractivity contribution is -0.120. The Bertz CT molecular complexity index is 934. The molecule has 2 unspecified atom stereocenters. The lowest BCUT2D eigenvalue weighted by Gasteiger charge is -2.50. The van der Waals surface area contributed by atoms with Crippen molar-refractivity contribution < 1.29 is 14.7 Å². The Morgan fingerprint density at radius 2 is 1.90 bits per heavy atom. The minimum Gasteiger partial charge on any atom is -0.395 e. The highest BCUT2D eigenvalue weighted by Gasteiger charge is 2.44. The highest BCUT2D eigenvalue weighted by atomic mass is 16.3. The third-order valence-electron chi connectivity index (χ3n) is 6.93. The molecule has 4 rings (SSSR count). The summed E-state index contributed by atoms with van der Waals surface area (Å²) >= 11 is 0. The van der Waals surface area contributed by atoms with E-state index in [0.717, 1.165) is 24.3 Å². The van der Waals surface area contributed by atoms with Gasteiger partial charge in [-0.05, 0) is 67.4 Å². The Morgan fingerprint density at radius 1 is 1.16 bits per heavy atom. The van der Waals surface area contributed by atoms with Crippen molar-refractivity contribution in [3.05, 3.63) is 35.8 Å². The van der Waals surface area contributed by atoms with Gasteiger partial charge in [0.25, 0.3) is 5.91 Å². The van der Waals surface area contributed by atoms with Gasteiger partial charge in [0.05, 0.1) is 18.7 Å². The quantitative estimate of drug-likeness (QED) is 0.634. The van der Waals surface area contributed by atoms with Crippen LogP contribution in [0.1, 0.15) is 62.1 Å². The highest BCUT2D eigenvalue weighted by Crippen LogP contribution is 2.52. The molecule has 2 fully saturated rings. The van der Waals surface area contributed by atoms with E-state index in [1.165, 1.54) is 32.1 Å². The van der Waals surface area contributed by atoms with Crippen molar-refractivity contribution >= 4 is 17.5 Å². The predicted molar refractivity (Wildman–Crippen MR) is 119 cm³/mol. The Hall–Kier alpha value is -2.41. The van der Waals surface area contributed by atoms with Gasteiger partial charge in [-0.25, -0.2) is 4.98 Å². The molecular weight excluding hydrogens is 392 g/mol. The number of carbonyl (C=O) groups excluding carboxylic acids is 2. The van der Waals surface area contributed by atoms with Gasteiger partial charge >= 0.3 is 0 Å². The van der Waals surface area contributed by atoms with Gasteiger partial charge in [-0.3, -0.25) is 14.0 Å². The van der Waals surface area contributed by atoms with E-state index < -0.39 is 0 Å². The molecule has 0 aromatic carbocycles. The van der Waals surface area contributed by atoms with E-state index in [2.05, 4.69) is 29.5 Å². The van der Waals surface area contributed by atoms with Gasteiger partial charge < -0.3 is 15.7 Å². The molecule has 2 aliphatic rings. The second-order valence-corrected chi connectivity index (χ2v) is 9.96. The number of amides is 2. The number of fused-ring (bicyclic) bond motifs is 3. The van der Waals surface area contributed by atoms with E-state index >= 15 is 0 Å². The van der Waals surface area contributed by atoms with Crippen LogP contribution in [0.2, 0.25) is 0 Å². The first-order valence-electron chi connectivity index (χ1n) is 11.5. The molecule has 168 valence electrons. The van der Waals surface area contributed by atoms with Crippen molar-refractivity contribution in [3.8, 4) is 0 Å². The van der Waals surface area contributed by atoms with Gasteiger partial charge in [-0.15, -0.1) is 0 Å². The summed E-state index contributed by atoms with van der Waals surface area (Å²) in [6.07, 6.45) is 8.12. The van der Waals surface area contributed by atoms with E-state index in [9.17, 15) is 9.59 Å². The highest BCUT2D eigenvalue weighted by molar-refractivity contribution is 5.93. The van der Waals surface area contributed by atoms with E-state index in [4.69, 9.17) is 5.11 Å². The van der Waals surface area contributed by atoms with E-state index in [-0.39, 0.29) is 36.8 Å². The molecule has 2 bridgehead atoms. The van der Waals surface area contributed by atoms with Gasteiger partial charge in [0.1, 0.15) is 11.3 Å². The fraction of sp³-hybridized carbons (Fsp3) is 0.625. The van der Waals surface area contributed by atoms with Gasteiger partial charge in [0.2, 0.25) is 5.91 Å². The molecule has 0 saturated heterocycles. The second-order valence-electron chi connectivity index (χ2n) is 9.96. The number of nitrogens with zero attached hydrogens (tertiary/aromatic N) is 2. The third-order valence-corrected chi connectivity index (χ3v) is 6.93. The first kappa shape index (κ1) is 21.8.